The zero-order valence-electron chi connectivity index (χ0n) is 17.0. The van der Waals surface area contributed by atoms with Gasteiger partial charge in [0.1, 0.15) is 12.4 Å². The predicted molar refractivity (Wildman–Crippen MR) is 116 cm³/mol. The van der Waals surface area contributed by atoms with Gasteiger partial charge in [-0.2, -0.15) is 0 Å². The molecule has 1 amide bonds. The average Bonchev–Trinajstić information content (AvgIpc) is 3.01. The maximum absolute atomic E-state index is 12.3. The first-order valence-electron chi connectivity index (χ1n) is 9.23. The van der Waals surface area contributed by atoms with Crippen LogP contribution in [0.1, 0.15) is 28.1 Å². The Morgan fingerprint density at radius 1 is 1.07 bits per heavy atom. The SMILES string of the molecule is Cc1ccc(NC(=O)CSc2nnc(COc3ccc(C)cc3C)n2N)c(C)c1. The lowest BCUT2D eigenvalue weighted by Crippen LogP contribution is -2.18. The first-order chi connectivity index (χ1) is 13.8. The van der Waals surface area contributed by atoms with Crippen LogP contribution in [0.4, 0.5) is 5.69 Å². The van der Waals surface area contributed by atoms with E-state index >= 15 is 0 Å². The number of rotatable bonds is 7. The Morgan fingerprint density at radius 3 is 2.45 bits per heavy atom. The van der Waals surface area contributed by atoms with E-state index in [0.717, 1.165) is 28.1 Å². The Labute approximate surface area is 174 Å². The number of benzene rings is 2. The quantitative estimate of drug-likeness (QED) is 0.456. The molecule has 0 aliphatic carbocycles. The summed E-state index contributed by atoms with van der Waals surface area (Å²) in [6.45, 7) is 8.21. The molecule has 0 saturated heterocycles. The third kappa shape index (κ3) is 5.29. The van der Waals surface area contributed by atoms with Gasteiger partial charge in [-0.3, -0.25) is 4.79 Å². The van der Waals surface area contributed by atoms with Crippen molar-refractivity contribution < 1.29 is 9.53 Å². The van der Waals surface area contributed by atoms with Gasteiger partial charge in [-0.1, -0.05) is 47.2 Å². The highest BCUT2D eigenvalue weighted by atomic mass is 32.2. The molecule has 3 rings (SSSR count). The lowest BCUT2D eigenvalue weighted by atomic mass is 10.1. The number of anilines is 1. The Kier molecular flexibility index (Phi) is 6.43. The van der Waals surface area contributed by atoms with E-state index in [1.807, 2.05) is 58.0 Å². The van der Waals surface area contributed by atoms with Crippen LogP contribution < -0.4 is 15.9 Å². The molecule has 0 atom stereocenters. The lowest BCUT2D eigenvalue weighted by Gasteiger charge is -2.10. The highest BCUT2D eigenvalue weighted by molar-refractivity contribution is 7.99. The number of thioether (sulfide) groups is 1. The van der Waals surface area contributed by atoms with Crippen LogP contribution in [0.5, 0.6) is 5.75 Å². The van der Waals surface area contributed by atoms with Crippen molar-refractivity contribution in [1.82, 2.24) is 14.9 Å². The Bertz CT molecular complexity index is 1030. The van der Waals surface area contributed by atoms with E-state index in [0.29, 0.717) is 11.0 Å². The summed E-state index contributed by atoms with van der Waals surface area (Å²) in [5.41, 5.74) is 5.20. The number of amides is 1. The normalized spacial score (nSPS) is 10.8. The fourth-order valence-electron chi connectivity index (χ4n) is 2.88. The van der Waals surface area contributed by atoms with E-state index < -0.39 is 0 Å². The van der Waals surface area contributed by atoms with Crippen LogP contribution in [-0.4, -0.2) is 26.5 Å². The molecule has 3 N–H and O–H groups in total. The Hall–Kier alpha value is -3.00. The van der Waals surface area contributed by atoms with Crippen molar-refractivity contribution in [2.45, 2.75) is 39.5 Å². The number of ether oxygens (including phenoxy) is 1. The summed E-state index contributed by atoms with van der Waals surface area (Å²) in [7, 11) is 0. The maximum atomic E-state index is 12.3. The highest BCUT2D eigenvalue weighted by Crippen LogP contribution is 2.21. The van der Waals surface area contributed by atoms with Crippen LogP contribution in [-0.2, 0) is 11.4 Å². The Morgan fingerprint density at radius 2 is 1.76 bits per heavy atom. The van der Waals surface area contributed by atoms with Gasteiger partial charge >= 0.3 is 0 Å². The van der Waals surface area contributed by atoms with Gasteiger partial charge in [0.2, 0.25) is 11.1 Å². The molecule has 1 heterocycles. The van der Waals surface area contributed by atoms with Crippen LogP contribution >= 0.6 is 11.8 Å². The summed E-state index contributed by atoms with van der Waals surface area (Å²) >= 11 is 1.23. The number of aryl methyl sites for hydroxylation is 4. The second kappa shape index (κ2) is 9.00. The number of nitrogens with one attached hydrogen (secondary N) is 1. The standard InChI is InChI=1S/C21H25N5O2S/c1-13-5-7-17(15(3)9-13)23-20(27)12-29-21-25-24-19(26(21)22)11-28-18-8-6-14(2)10-16(18)4/h5-10H,11-12,22H2,1-4H3,(H,23,27). The molecule has 8 heteroatoms. The van der Waals surface area contributed by atoms with Gasteiger partial charge < -0.3 is 15.9 Å². The summed E-state index contributed by atoms with van der Waals surface area (Å²) in [5.74, 6) is 7.39. The van der Waals surface area contributed by atoms with E-state index in [1.54, 1.807) is 0 Å². The van der Waals surface area contributed by atoms with Crippen LogP contribution in [0.25, 0.3) is 0 Å². The third-order valence-electron chi connectivity index (χ3n) is 4.41. The number of hydrogen-bond donors (Lipinski definition) is 2. The number of hydrogen-bond acceptors (Lipinski definition) is 6. The van der Waals surface area contributed by atoms with Gasteiger partial charge in [0, 0.05) is 5.69 Å². The minimum absolute atomic E-state index is 0.127. The minimum Gasteiger partial charge on any atom is -0.485 e. The molecule has 0 fully saturated rings. The van der Waals surface area contributed by atoms with Crippen molar-refractivity contribution in [1.29, 1.82) is 0 Å². The molecular weight excluding hydrogens is 386 g/mol. The molecule has 0 saturated carbocycles. The zero-order valence-corrected chi connectivity index (χ0v) is 17.8. The van der Waals surface area contributed by atoms with Crippen molar-refractivity contribution in [3.8, 4) is 5.75 Å². The highest BCUT2D eigenvalue weighted by Gasteiger charge is 2.14. The number of aromatic nitrogens is 3. The topological polar surface area (TPSA) is 95.1 Å². The number of carbonyl (C=O) groups excluding carboxylic acids is 1. The van der Waals surface area contributed by atoms with Crippen LogP contribution in [0.15, 0.2) is 41.6 Å². The molecule has 152 valence electrons. The largest absolute Gasteiger partial charge is 0.485 e. The molecule has 1 aromatic heterocycles. The molecule has 0 bridgehead atoms. The molecule has 3 aromatic rings. The molecule has 2 aromatic carbocycles. The summed E-state index contributed by atoms with van der Waals surface area (Å²) in [4.78, 5) is 12.3. The monoisotopic (exact) mass is 411 g/mol. The van der Waals surface area contributed by atoms with E-state index in [2.05, 4.69) is 21.6 Å². The first-order valence-corrected chi connectivity index (χ1v) is 10.2. The molecule has 0 aliphatic rings. The summed E-state index contributed by atoms with van der Waals surface area (Å²) in [6, 6.07) is 11.9. The third-order valence-corrected chi connectivity index (χ3v) is 5.35. The van der Waals surface area contributed by atoms with E-state index in [9.17, 15) is 4.79 Å². The molecule has 29 heavy (non-hydrogen) atoms. The van der Waals surface area contributed by atoms with Gasteiger partial charge in [-0.25, -0.2) is 4.68 Å². The molecular formula is C21H25N5O2S. The first kappa shape index (κ1) is 20.7. The van der Waals surface area contributed by atoms with Gasteiger partial charge in [-0.15, -0.1) is 10.2 Å². The summed E-state index contributed by atoms with van der Waals surface area (Å²) in [5, 5.41) is 11.5. The summed E-state index contributed by atoms with van der Waals surface area (Å²) in [6.07, 6.45) is 0. The molecule has 7 nitrogen and oxygen atoms in total. The lowest BCUT2D eigenvalue weighted by molar-refractivity contribution is -0.113. The average molecular weight is 412 g/mol. The van der Waals surface area contributed by atoms with E-state index in [-0.39, 0.29) is 18.3 Å². The molecule has 0 spiro atoms. The summed E-state index contributed by atoms with van der Waals surface area (Å²) < 4.78 is 7.17. The second-order valence-electron chi connectivity index (χ2n) is 6.98. The van der Waals surface area contributed by atoms with Crippen molar-refractivity contribution in [3.63, 3.8) is 0 Å². The van der Waals surface area contributed by atoms with Gasteiger partial charge in [0.15, 0.2) is 5.82 Å². The van der Waals surface area contributed by atoms with Crippen molar-refractivity contribution >= 4 is 23.4 Å². The fraction of sp³-hybridized carbons (Fsp3) is 0.286. The zero-order chi connectivity index (χ0) is 21.0. The number of carbonyl (C=O) groups is 1. The van der Waals surface area contributed by atoms with Gasteiger partial charge in [0.05, 0.1) is 5.75 Å². The molecule has 0 unspecified atom stereocenters. The van der Waals surface area contributed by atoms with Crippen molar-refractivity contribution in [2.24, 2.45) is 0 Å². The predicted octanol–water partition coefficient (Wildman–Crippen LogP) is 3.54. The molecule has 0 radical (unpaired) electrons. The van der Waals surface area contributed by atoms with Crippen LogP contribution in [0, 0.1) is 27.7 Å². The van der Waals surface area contributed by atoms with E-state index in [4.69, 9.17) is 10.6 Å². The number of nitrogens with two attached hydrogens (primary N) is 1. The van der Waals surface area contributed by atoms with E-state index in [1.165, 1.54) is 22.0 Å². The Balaban J connectivity index is 1.55. The molecule has 0 aliphatic heterocycles. The van der Waals surface area contributed by atoms with Crippen molar-refractivity contribution in [3.05, 3.63) is 64.5 Å². The smallest absolute Gasteiger partial charge is 0.234 e. The second-order valence-corrected chi connectivity index (χ2v) is 7.92. The maximum Gasteiger partial charge on any atom is 0.234 e. The number of nitrogen functional groups attached to an aromatic ring is 1. The number of nitrogens with zero attached hydrogens (tertiary/aromatic N) is 3. The van der Waals surface area contributed by atoms with Crippen LogP contribution in [0.3, 0.4) is 0 Å². The van der Waals surface area contributed by atoms with Gasteiger partial charge in [0.25, 0.3) is 0 Å². The van der Waals surface area contributed by atoms with Gasteiger partial charge in [-0.05, 0) is 51.0 Å². The minimum atomic E-state index is -0.127. The van der Waals surface area contributed by atoms with Crippen LogP contribution in [0.2, 0.25) is 0 Å². The fourth-order valence-corrected chi connectivity index (χ4v) is 3.55. The van der Waals surface area contributed by atoms with Crippen molar-refractivity contribution in [2.75, 3.05) is 16.9 Å².